The summed E-state index contributed by atoms with van der Waals surface area (Å²) in [5.74, 6) is -1.12. The molecule has 0 bridgehead atoms. The van der Waals surface area contributed by atoms with Crippen LogP contribution in [0.3, 0.4) is 0 Å². The van der Waals surface area contributed by atoms with Gasteiger partial charge < -0.3 is 0 Å². The SMILES string of the molecule is O=C(/C=C/c1ccc(F)cc1)NNC(=O)Cc1ccccc1. The predicted octanol–water partition coefficient (Wildman–Crippen LogP) is 2.23. The quantitative estimate of drug-likeness (QED) is 0.672. The summed E-state index contributed by atoms with van der Waals surface area (Å²) in [6, 6.07) is 14.9. The summed E-state index contributed by atoms with van der Waals surface area (Å²) >= 11 is 0. The van der Waals surface area contributed by atoms with Crippen molar-refractivity contribution in [3.63, 3.8) is 0 Å². The van der Waals surface area contributed by atoms with E-state index in [1.54, 1.807) is 12.1 Å². The highest BCUT2D eigenvalue weighted by atomic mass is 19.1. The normalized spacial score (nSPS) is 10.4. The van der Waals surface area contributed by atoms with Crippen LogP contribution in [0.15, 0.2) is 60.7 Å². The number of hydrazine groups is 1. The van der Waals surface area contributed by atoms with Gasteiger partial charge in [-0.1, -0.05) is 42.5 Å². The van der Waals surface area contributed by atoms with Crippen molar-refractivity contribution in [2.24, 2.45) is 0 Å². The molecule has 5 heteroatoms. The molecule has 2 amide bonds. The van der Waals surface area contributed by atoms with Gasteiger partial charge in [-0.15, -0.1) is 0 Å². The number of nitrogens with one attached hydrogen (secondary N) is 2. The van der Waals surface area contributed by atoms with E-state index in [-0.39, 0.29) is 18.1 Å². The summed E-state index contributed by atoms with van der Waals surface area (Å²) < 4.78 is 12.7. The van der Waals surface area contributed by atoms with Crippen LogP contribution in [0.1, 0.15) is 11.1 Å². The third kappa shape index (κ3) is 5.20. The van der Waals surface area contributed by atoms with Gasteiger partial charge in [-0.05, 0) is 29.3 Å². The van der Waals surface area contributed by atoms with Gasteiger partial charge in [-0.3, -0.25) is 20.4 Å². The van der Waals surface area contributed by atoms with Crippen LogP contribution in [0, 0.1) is 5.82 Å². The van der Waals surface area contributed by atoms with E-state index in [0.29, 0.717) is 5.56 Å². The lowest BCUT2D eigenvalue weighted by atomic mass is 10.1. The van der Waals surface area contributed by atoms with Crippen molar-refractivity contribution in [2.75, 3.05) is 0 Å². The minimum atomic E-state index is -0.467. The average Bonchev–Trinajstić information content (AvgIpc) is 2.53. The topological polar surface area (TPSA) is 58.2 Å². The van der Waals surface area contributed by atoms with Crippen LogP contribution >= 0.6 is 0 Å². The van der Waals surface area contributed by atoms with Gasteiger partial charge in [0.25, 0.3) is 5.91 Å². The fourth-order valence-corrected chi connectivity index (χ4v) is 1.74. The first-order chi connectivity index (χ1) is 10.6. The molecule has 0 atom stereocenters. The Labute approximate surface area is 127 Å². The van der Waals surface area contributed by atoms with Gasteiger partial charge in [0.15, 0.2) is 0 Å². The molecule has 0 aliphatic carbocycles. The molecule has 0 saturated carbocycles. The van der Waals surface area contributed by atoms with Crippen molar-refractivity contribution < 1.29 is 14.0 Å². The summed E-state index contributed by atoms with van der Waals surface area (Å²) in [5, 5.41) is 0. The van der Waals surface area contributed by atoms with Crippen LogP contribution in [0.25, 0.3) is 6.08 Å². The lowest BCUT2D eigenvalue weighted by Crippen LogP contribution is -2.41. The fraction of sp³-hybridized carbons (Fsp3) is 0.0588. The van der Waals surface area contributed by atoms with E-state index in [1.807, 2.05) is 30.3 Å². The number of rotatable bonds is 4. The zero-order chi connectivity index (χ0) is 15.8. The van der Waals surface area contributed by atoms with E-state index in [1.165, 1.54) is 24.3 Å². The Balaban J connectivity index is 1.77. The second-order valence-electron chi connectivity index (χ2n) is 4.58. The molecule has 2 rings (SSSR count). The van der Waals surface area contributed by atoms with Crippen LogP contribution in [0.2, 0.25) is 0 Å². The Morgan fingerprint density at radius 3 is 2.32 bits per heavy atom. The summed E-state index contributed by atoms with van der Waals surface area (Å²) in [4.78, 5) is 23.2. The van der Waals surface area contributed by atoms with Crippen LogP contribution in [-0.4, -0.2) is 11.8 Å². The Morgan fingerprint density at radius 1 is 0.955 bits per heavy atom. The molecule has 2 aromatic rings. The molecule has 0 aliphatic rings. The van der Waals surface area contributed by atoms with E-state index in [4.69, 9.17) is 0 Å². The van der Waals surface area contributed by atoms with Crippen molar-refractivity contribution in [1.29, 1.82) is 0 Å². The average molecular weight is 298 g/mol. The highest BCUT2D eigenvalue weighted by molar-refractivity contribution is 5.93. The third-order valence-electron chi connectivity index (χ3n) is 2.83. The second-order valence-corrected chi connectivity index (χ2v) is 4.58. The van der Waals surface area contributed by atoms with Gasteiger partial charge in [0.2, 0.25) is 5.91 Å². The number of hydrogen-bond acceptors (Lipinski definition) is 2. The highest BCUT2D eigenvalue weighted by Gasteiger charge is 2.03. The van der Waals surface area contributed by atoms with Gasteiger partial charge in [-0.2, -0.15) is 0 Å². The zero-order valence-corrected chi connectivity index (χ0v) is 11.8. The summed E-state index contributed by atoms with van der Waals surface area (Å²) in [6.45, 7) is 0. The number of benzene rings is 2. The smallest absolute Gasteiger partial charge is 0.262 e. The van der Waals surface area contributed by atoms with Gasteiger partial charge in [0.05, 0.1) is 6.42 Å². The zero-order valence-electron chi connectivity index (χ0n) is 11.8. The van der Waals surface area contributed by atoms with Crippen molar-refractivity contribution in [2.45, 2.75) is 6.42 Å². The molecule has 0 aromatic heterocycles. The first kappa shape index (κ1) is 15.4. The molecule has 22 heavy (non-hydrogen) atoms. The number of hydrogen-bond donors (Lipinski definition) is 2. The highest BCUT2D eigenvalue weighted by Crippen LogP contribution is 2.04. The lowest BCUT2D eigenvalue weighted by Gasteiger charge is -2.05. The Hall–Kier alpha value is -2.95. The number of carbonyl (C=O) groups is 2. The van der Waals surface area contributed by atoms with E-state index < -0.39 is 5.91 Å². The van der Waals surface area contributed by atoms with Gasteiger partial charge in [-0.25, -0.2) is 4.39 Å². The molecule has 4 nitrogen and oxygen atoms in total. The molecule has 0 heterocycles. The molecule has 0 radical (unpaired) electrons. The van der Waals surface area contributed by atoms with E-state index in [2.05, 4.69) is 10.9 Å². The molecular weight excluding hydrogens is 283 g/mol. The van der Waals surface area contributed by atoms with E-state index in [0.717, 1.165) is 5.56 Å². The minimum Gasteiger partial charge on any atom is -0.273 e. The van der Waals surface area contributed by atoms with Crippen LogP contribution in [-0.2, 0) is 16.0 Å². The third-order valence-corrected chi connectivity index (χ3v) is 2.83. The summed E-state index contributed by atoms with van der Waals surface area (Å²) in [6.07, 6.45) is 2.97. The van der Waals surface area contributed by atoms with Gasteiger partial charge in [0, 0.05) is 6.08 Å². The molecule has 0 unspecified atom stereocenters. The number of halogens is 1. The van der Waals surface area contributed by atoms with Crippen molar-refractivity contribution in [1.82, 2.24) is 10.9 Å². The molecule has 0 fully saturated rings. The monoisotopic (exact) mass is 298 g/mol. The van der Waals surface area contributed by atoms with Crippen molar-refractivity contribution in [3.8, 4) is 0 Å². The van der Waals surface area contributed by atoms with Crippen molar-refractivity contribution in [3.05, 3.63) is 77.6 Å². The maximum Gasteiger partial charge on any atom is 0.262 e. The molecule has 0 spiro atoms. The Morgan fingerprint density at radius 2 is 1.64 bits per heavy atom. The van der Waals surface area contributed by atoms with E-state index >= 15 is 0 Å². The number of amides is 2. The van der Waals surface area contributed by atoms with Gasteiger partial charge >= 0.3 is 0 Å². The second kappa shape index (κ2) is 7.73. The van der Waals surface area contributed by atoms with E-state index in [9.17, 15) is 14.0 Å². The number of carbonyl (C=O) groups excluding carboxylic acids is 2. The molecule has 0 saturated heterocycles. The Kier molecular flexibility index (Phi) is 5.43. The largest absolute Gasteiger partial charge is 0.273 e. The molecule has 112 valence electrons. The molecule has 2 aromatic carbocycles. The van der Waals surface area contributed by atoms with Crippen LogP contribution in [0.4, 0.5) is 4.39 Å². The van der Waals surface area contributed by atoms with Gasteiger partial charge in [0.1, 0.15) is 5.82 Å². The summed E-state index contributed by atoms with van der Waals surface area (Å²) in [7, 11) is 0. The lowest BCUT2D eigenvalue weighted by molar-refractivity contribution is -0.126. The molecule has 0 aliphatic heterocycles. The van der Waals surface area contributed by atoms with Crippen LogP contribution in [0.5, 0.6) is 0 Å². The summed E-state index contributed by atoms with van der Waals surface area (Å²) in [5.41, 5.74) is 6.16. The molecular formula is C17H15FN2O2. The first-order valence-electron chi connectivity index (χ1n) is 6.70. The standard InChI is InChI=1S/C17H15FN2O2/c18-15-9-6-13(7-10-15)8-11-16(21)19-20-17(22)12-14-4-2-1-3-5-14/h1-11H,12H2,(H,19,21)(H,20,22)/b11-8+. The maximum absolute atomic E-state index is 12.7. The van der Waals surface area contributed by atoms with Crippen molar-refractivity contribution >= 4 is 17.9 Å². The van der Waals surface area contributed by atoms with Crippen LogP contribution < -0.4 is 10.9 Å². The fourth-order valence-electron chi connectivity index (χ4n) is 1.74. The molecule has 2 N–H and O–H groups in total. The maximum atomic E-state index is 12.7. The first-order valence-corrected chi connectivity index (χ1v) is 6.70. The Bertz CT molecular complexity index is 667. The predicted molar refractivity (Wildman–Crippen MR) is 81.9 cm³/mol. The minimum absolute atomic E-state index is 0.183.